The molecule has 1 heterocycles. The van der Waals surface area contributed by atoms with E-state index in [4.69, 9.17) is 0 Å². The number of aliphatic hydroxyl groups is 1. The van der Waals surface area contributed by atoms with E-state index in [0.717, 1.165) is 24.0 Å². The Morgan fingerprint density at radius 1 is 0.919 bits per heavy atom. The number of carbonyl (C=O) groups is 2. The third-order valence-corrected chi connectivity index (χ3v) is 6.77. The van der Waals surface area contributed by atoms with Gasteiger partial charge in [0.1, 0.15) is 0 Å². The molecule has 0 saturated heterocycles. The summed E-state index contributed by atoms with van der Waals surface area (Å²) in [6.07, 6.45) is 7.56. The first-order valence-corrected chi connectivity index (χ1v) is 13.1. The van der Waals surface area contributed by atoms with Gasteiger partial charge < -0.3 is 15.7 Å². The number of aromatic nitrogens is 1. The Kier molecular flexibility index (Phi) is 8.39. The van der Waals surface area contributed by atoms with Crippen LogP contribution in [0.25, 0.3) is 0 Å². The van der Waals surface area contributed by atoms with Gasteiger partial charge in [-0.05, 0) is 93.3 Å². The lowest BCUT2D eigenvalue weighted by Crippen LogP contribution is -2.46. The van der Waals surface area contributed by atoms with Gasteiger partial charge in [0, 0.05) is 35.5 Å². The Hall–Kier alpha value is -3.51. The van der Waals surface area contributed by atoms with Crippen molar-refractivity contribution in [2.75, 3.05) is 0 Å². The summed E-state index contributed by atoms with van der Waals surface area (Å²) in [5, 5.41) is 17.5. The number of amides is 2. The maximum Gasteiger partial charge on any atom is 0.251 e. The molecule has 0 aliphatic heterocycles. The minimum atomic E-state index is -0.898. The lowest BCUT2D eigenvalue weighted by molar-refractivity contribution is 0.0826. The molecule has 37 heavy (non-hydrogen) atoms. The molecule has 6 nitrogen and oxygen atoms in total. The first-order chi connectivity index (χ1) is 17.7. The smallest absolute Gasteiger partial charge is 0.251 e. The normalized spacial score (nSPS) is 14.8. The van der Waals surface area contributed by atoms with Crippen LogP contribution in [0, 0.1) is 0 Å². The molecule has 1 aromatic heterocycles. The zero-order valence-corrected chi connectivity index (χ0v) is 22.0. The highest BCUT2D eigenvalue weighted by Crippen LogP contribution is 2.24. The Bertz CT molecular complexity index is 1230. The molecular weight excluding hydrogens is 462 g/mol. The lowest BCUT2D eigenvalue weighted by Gasteiger charge is -2.27. The molecule has 2 atom stereocenters. The van der Waals surface area contributed by atoms with Gasteiger partial charge in [0.05, 0.1) is 12.1 Å². The number of nitrogens with zero attached hydrogens (tertiary/aromatic N) is 1. The zero-order valence-electron chi connectivity index (χ0n) is 22.0. The molecule has 3 N–H and O–H groups in total. The summed E-state index contributed by atoms with van der Waals surface area (Å²) in [5.74, 6) is -0.439. The first-order valence-electron chi connectivity index (χ1n) is 13.1. The highest BCUT2D eigenvalue weighted by Gasteiger charge is 2.26. The van der Waals surface area contributed by atoms with Crippen LogP contribution in [0.1, 0.15) is 76.6 Å². The third-order valence-electron chi connectivity index (χ3n) is 6.77. The van der Waals surface area contributed by atoms with Crippen LogP contribution in [0.3, 0.4) is 0 Å². The van der Waals surface area contributed by atoms with E-state index in [1.165, 1.54) is 24.0 Å². The van der Waals surface area contributed by atoms with Gasteiger partial charge in [-0.15, -0.1) is 0 Å². The molecule has 3 aromatic rings. The van der Waals surface area contributed by atoms with E-state index in [0.29, 0.717) is 17.5 Å². The number of benzene rings is 2. The van der Waals surface area contributed by atoms with Crippen molar-refractivity contribution < 1.29 is 14.7 Å². The third kappa shape index (κ3) is 7.26. The number of hydrogen-bond acceptors (Lipinski definition) is 4. The quantitative estimate of drug-likeness (QED) is 0.428. The van der Waals surface area contributed by atoms with Gasteiger partial charge in [-0.2, -0.15) is 0 Å². The summed E-state index contributed by atoms with van der Waals surface area (Å²) in [7, 11) is 0. The maximum atomic E-state index is 13.1. The molecule has 1 aliphatic rings. The predicted octanol–water partition coefficient (Wildman–Crippen LogP) is 4.43. The molecule has 6 heteroatoms. The van der Waals surface area contributed by atoms with Crippen LogP contribution in [0.2, 0.25) is 0 Å². The number of hydrogen-bond donors (Lipinski definition) is 3. The highest BCUT2D eigenvalue weighted by molar-refractivity contribution is 5.96. The summed E-state index contributed by atoms with van der Waals surface area (Å²) >= 11 is 0. The predicted molar refractivity (Wildman–Crippen MR) is 146 cm³/mol. The van der Waals surface area contributed by atoms with E-state index in [1.807, 2.05) is 39.0 Å². The second-order valence-corrected chi connectivity index (χ2v) is 11.0. The summed E-state index contributed by atoms with van der Waals surface area (Å²) in [5.41, 5.74) is 5.22. The van der Waals surface area contributed by atoms with E-state index in [-0.39, 0.29) is 23.8 Å². The monoisotopic (exact) mass is 499 g/mol. The van der Waals surface area contributed by atoms with Crippen LogP contribution < -0.4 is 10.6 Å². The summed E-state index contributed by atoms with van der Waals surface area (Å²) in [6.45, 7) is 5.81. The number of fused-ring (bicyclic) bond motifs is 1. The SMILES string of the molecule is CC(C)(C)NC(=O)c1ccccc1CC(O)C(Cc1ccc2c(c1)CCCC2)NC(=O)c1ccncc1. The van der Waals surface area contributed by atoms with Gasteiger partial charge in [-0.1, -0.05) is 36.4 Å². The molecule has 0 bridgehead atoms. The Labute approximate surface area is 219 Å². The Morgan fingerprint density at radius 2 is 1.62 bits per heavy atom. The van der Waals surface area contributed by atoms with E-state index >= 15 is 0 Å². The molecule has 1 aliphatic carbocycles. The largest absolute Gasteiger partial charge is 0.391 e. The fourth-order valence-electron chi connectivity index (χ4n) is 4.90. The van der Waals surface area contributed by atoms with Crippen molar-refractivity contribution in [3.8, 4) is 0 Å². The van der Waals surface area contributed by atoms with Crippen molar-refractivity contribution in [2.45, 2.75) is 77.0 Å². The molecule has 2 amide bonds. The molecule has 0 fully saturated rings. The van der Waals surface area contributed by atoms with E-state index in [9.17, 15) is 14.7 Å². The number of nitrogens with one attached hydrogen (secondary N) is 2. The van der Waals surface area contributed by atoms with Crippen LogP contribution in [0.4, 0.5) is 0 Å². The van der Waals surface area contributed by atoms with Gasteiger partial charge in [-0.3, -0.25) is 14.6 Å². The topological polar surface area (TPSA) is 91.3 Å². The summed E-state index contributed by atoms with van der Waals surface area (Å²) < 4.78 is 0. The van der Waals surface area contributed by atoms with Crippen LogP contribution >= 0.6 is 0 Å². The van der Waals surface area contributed by atoms with Crippen molar-refractivity contribution in [3.05, 3.63) is 100 Å². The molecule has 0 saturated carbocycles. The van der Waals surface area contributed by atoms with Crippen LogP contribution in [-0.2, 0) is 25.7 Å². The van der Waals surface area contributed by atoms with Crippen molar-refractivity contribution in [1.29, 1.82) is 0 Å². The number of rotatable bonds is 8. The van der Waals surface area contributed by atoms with Crippen molar-refractivity contribution >= 4 is 11.8 Å². The van der Waals surface area contributed by atoms with Crippen LogP contribution in [-0.4, -0.2) is 39.6 Å². The van der Waals surface area contributed by atoms with Crippen molar-refractivity contribution in [2.24, 2.45) is 0 Å². The minimum absolute atomic E-state index is 0.178. The molecule has 2 unspecified atom stereocenters. The van der Waals surface area contributed by atoms with Gasteiger partial charge in [0.2, 0.25) is 0 Å². The molecule has 194 valence electrons. The van der Waals surface area contributed by atoms with Crippen LogP contribution in [0.5, 0.6) is 0 Å². The van der Waals surface area contributed by atoms with E-state index < -0.39 is 12.1 Å². The van der Waals surface area contributed by atoms with Crippen molar-refractivity contribution in [1.82, 2.24) is 15.6 Å². The summed E-state index contributed by atoms with van der Waals surface area (Å²) in [4.78, 5) is 30.0. The van der Waals surface area contributed by atoms with E-state index in [2.05, 4.69) is 33.8 Å². The number of pyridine rings is 1. The fraction of sp³-hybridized carbons (Fsp3) is 0.387. The van der Waals surface area contributed by atoms with Gasteiger partial charge in [-0.25, -0.2) is 0 Å². The van der Waals surface area contributed by atoms with Gasteiger partial charge >= 0.3 is 0 Å². The Morgan fingerprint density at radius 3 is 2.35 bits per heavy atom. The zero-order chi connectivity index (χ0) is 26.4. The Balaban J connectivity index is 1.58. The minimum Gasteiger partial charge on any atom is -0.391 e. The maximum absolute atomic E-state index is 13.1. The van der Waals surface area contributed by atoms with Gasteiger partial charge in [0.25, 0.3) is 11.8 Å². The first kappa shape index (κ1) is 26.6. The van der Waals surface area contributed by atoms with Crippen LogP contribution in [0.15, 0.2) is 67.0 Å². The molecule has 0 radical (unpaired) electrons. The number of aliphatic hydroxyl groups excluding tert-OH is 1. The van der Waals surface area contributed by atoms with Crippen molar-refractivity contribution in [3.63, 3.8) is 0 Å². The highest BCUT2D eigenvalue weighted by atomic mass is 16.3. The number of carbonyl (C=O) groups excluding carboxylic acids is 2. The average molecular weight is 500 g/mol. The fourth-order valence-corrected chi connectivity index (χ4v) is 4.90. The molecule has 0 spiro atoms. The average Bonchev–Trinajstić information content (AvgIpc) is 2.88. The standard InChI is InChI=1S/C31H37N3O3/c1-31(2,3)34-30(37)26-11-7-6-10-25(26)20-28(35)27(33-29(36)23-14-16-32-17-15-23)19-21-12-13-22-8-4-5-9-24(22)18-21/h6-7,10-18,27-28,35H,4-5,8-9,19-20H2,1-3H3,(H,33,36)(H,34,37). The molecular formula is C31H37N3O3. The lowest BCUT2D eigenvalue weighted by atomic mass is 9.88. The second-order valence-electron chi connectivity index (χ2n) is 11.0. The summed E-state index contributed by atoms with van der Waals surface area (Å²) in [6, 6.07) is 16.6. The molecule has 4 rings (SSSR count). The van der Waals surface area contributed by atoms with E-state index in [1.54, 1.807) is 30.6 Å². The second kappa shape index (κ2) is 11.7. The molecule has 2 aromatic carbocycles. The number of aryl methyl sites for hydroxylation is 2. The van der Waals surface area contributed by atoms with Gasteiger partial charge in [0.15, 0.2) is 0 Å².